The summed E-state index contributed by atoms with van der Waals surface area (Å²) in [5, 5.41) is 15.1. The second kappa shape index (κ2) is 6.21. The Kier molecular flexibility index (Phi) is 4.22. The monoisotopic (exact) mass is 360 g/mol. The summed E-state index contributed by atoms with van der Waals surface area (Å²) in [7, 11) is -3.46. The van der Waals surface area contributed by atoms with Crippen molar-refractivity contribution >= 4 is 33.0 Å². The van der Waals surface area contributed by atoms with E-state index in [-0.39, 0.29) is 34.4 Å². The minimum atomic E-state index is -3.46. The molecule has 2 amide bonds. The van der Waals surface area contributed by atoms with E-state index in [1.54, 1.807) is 18.2 Å². The first-order valence-corrected chi connectivity index (χ1v) is 9.25. The molecule has 0 spiro atoms. The number of sulfone groups is 1. The molecule has 0 bridgehead atoms. The maximum absolute atomic E-state index is 12.4. The van der Waals surface area contributed by atoms with E-state index in [2.05, 4.69) is 10.6 Å². The van der Waals surface area contributed by atoms with Gasteiger partial charge in [0.15, 0.2) is 9.84 Å². The Labute approximate surface area is 144 Å². The minimum absolute atomic E-state index is 0.00854. The lowest BCUT2D eigenvalue weighted by Crippen LogP contribution is -2.13. The molecule has 2 aromatic rings. The predicted octanol–water partition coefficient (Wildman–Crippen LogP) is 1.93. The topological polar surface area (TPSA) is 113 Å². The second-order valence-corrected chi connectivity index (χ2v) is 7.91. The lowest BCUT2D eigenvalue weighted by atomic mass is 10.1. The average molecular weight is 360 g/mol. The van der Waals surface area contributed by atoms with E-state index in [0.29, 0.717) is 16.8 Å². The summed E-state index contributed by atoms with van der Waals surface area (Å²) in [6.07, 6.45) is 0.200. The molecule has 3 N–H and O–H groups in total. The van der Waals surface area contributed by atoms with Crippen LogP contribution in [0.15, 0.2) is 41.3 Å². The molecule has 0 fully saturated rings. The van der Waals surface area contributed by atoms with Crippen molar-refractivity contribution in [3.63, 3.8) is 0 Å². The van der Waals surface area contributed by atoms with Crippen molar-refractivity contribution < 1.29 is 23.1 Å². The normalized spacial score (nSPS) is 13.2. The summed E-state index contributed by atoms with van der Waals surface area (Å²) in [6.45, 7) is 1.51. The Hall–Kier alpha value is -2.87. The van der Waals surface area contributed by atoms with Crippen molar-refractivity contribution in [1.29, 1.82) is 0 Å². The fourth-order valence-electron chi connectivity index (χ4n) is 2.54. The SMILES string of the molecule is CCS(=O)(=O)c1ccc(O)c(NC(=O)c2ccc3c(c2)CC(=O)N3)c1. The van der Waals surface area contributed by atoms with E-state index >= 15 is 0 Å². The molecule has 0 aromatic heterocycles. The van der Waals surface area contributed by atoms with Crippen LogP contribution in [0.25, 0.3) is 0 Å². The third-order valence-electron chi connectivity index (χ3n) is 3.95. The number of carbonyl (C=O) groups is 2. The number of phenols is 1. The molecule has 0 unspecified atom stereocenters. The lowest BCUT2D eigenvalue weighted by Gasteiger charge is -2.10. The number of hydrogen-bond acceptors (Lipinski definition) is 5. The van der Waals surface area contributed by atoms with Crippen molar-refractivity contribution in [2.75, 3.05) is 16.4 Å². The van der Waals surface area contributed by atoms with Crippen LogP contribution in [0, 0.1) is 0 Å². The number of benzene rings is 2. The largest absolute Gasteiger partial charge is 0.506 e. The van der Waals surface area contributed by atoms with Crippen LogP contribution in [-0.2, 0) is 21.1 Å². The predicted molar refractivity (Wildman–Crippen MR) is 92.6 cm³/mol. The molecule has 1 aliphatic rings. The molecule has 1 heterocycles. The van der Waals surface area contributed by atoms with Gasteiger partial charge in [-0.2, -0.15) is 0 Å². The van der Waals surface area contributed by atoms with Crippen LogP contribution in [0.5, 0.6) is 5.75 Å². The van der Waals surface area contributed by atoms with Gasteiger partial charge in [-0.15, -0.1) is 0 Å². The number of amides is 2. The zero-order valence-corrected chi connectivity index (χ0v) is 14.2. The number of fused-ring (bicyclic) bond motifs is 1. The van der Waals surface area contributed by atoms with Crippen LogP contribution in [-0.4, -0.2) is 31.1 Å². The maximum Gasteiger partial charge on any atom is 0.255 e. The van der Waals surface area contributed by atoms with Crippen LogP contribution in [0.2, 0.25) is 0 Å². The van der Waals surface area contributed by atoms with Gasteiger partial charge in [0.25, 0.3) is 5.91 Å². The van der Waals surface area contributed by atoms with Crippen LogP contribution < -0.4 is 10.6 Å². The number of hydrogen-bond donors (Lipinski definition) is 3. The fraction of sp³-hybridized carbons (Fsp3) is 0.176. The maximum atomic E-state index is 12.4. The molecule has 3 rings (SSSR count). The van der Waals surface area contributed by atoms with Crippen molar-refractivity contribution in [3.8, 4) is 5.75 Å². The highest BCUT2D eigenvalue weighted by atomic mass is 32.2. The first kappa shape index (κ1) is 17.0. The van der Waals surface area contributed by atoms with Crippen molar-refractivity contribution in [3.05, 3.63) is 47.5 Å². The summed E-state index contributed by atoms with van der Waals surface area (Å²) >= 11 is 0. The Bertz CT molecular complexity index is 983. The van der Waals surface area contributed by atoms with Gasteiger partial charge in [-0.1, -0.05) is 6.92 Å². The number of aromatic hydroxyl groups is 1. The first-order valence-electron chi connectivity index (χ1n) is 7.60. The van der Waals surface area contributed by atoms with Gasteiger partial charge in [0.2, 0.25) is 5.91 Å². The number of rotatable bonds is 4. The van der Waals surface area contributed by atoms with Crippen LogP contribution in [0.3, 0.4) is 0 Å². The van der Waals surface area contributed by atoms with Gasteiger partial charge in [-0.25, -0.2) is 8.42 Å². The van der Waals surface area contributed by atoms with E-state index in [9.17, 15) is 23.1 Å². The molecule has 0 aliphatic carbocycles. The van der Waals surface area contributed by atoms with E-state index in [4.69, 9.17) is 0 Å². The van der Waals surface area contributed by atoms with Crippen molar-refractivity contribution in [1.82, 2.24) is 0 Å². The first-order chi connectivity index (χ1) is 11.8. The highest BCUT2D eigenvalue weighted by Gasteiger charge is 2.20. The summed E-state index contributed by atoms with van der Waals surface area (Å²) in [5.74, 6) is -0.968. The summed E-state index contributed by atoms with van der Waals surface area (Å²) in [4.78, 5) is 23.8. The van der Waals surface area contributed by atoms with E-state index in [1.807, 2.05) is 0 Å². The van der Waals surface area contributed by atoms with E-state index in [0.717, 1.165) is 0 Å². The number of carbonyl (C=O) groups excluding carboxylic acids is 2. The molecule has 25 heavy (non-hydrogen) atoms. The fourth-order valence-corrected chi connectivity index (χ4v) is 3.45. The average Bonchev–Trinajstić information content (AvgIpc) is 2.95. The van der Waals surface area contributed by atoms with Gasteiger partial charge in [0.05, 0.1) is 22.8 Å². The van der Waals surface area contributed by atoms with E-state index < -0.39 is 15.7 Å². The third-order valence-corrected chi connectivity index (χ3v) is 5.68. The van der Waals surface area contributed by atoms with Gasteiger partial charge in [-0.05, 0) is 42.0 Å². The van der Waals surface area contributed by atoms with Gasteiger partial charge in [0, 0.05) is 11.3 Å². The third kappa shape index (κ3) is 3.34. The Morgan fingerprint density at radius 3 is 2.72 bits per heavy atom. The minimum Gasteiger partial charge on any atom is -0.506 e. The van der Waals surface area contributed by atoms with Crippen LogP contribution >= 0.6 is 0 Å². The molecular weight excluding hydrogens is 344 g/mol. The lowest BCUT2D eigenvalue weighted by molar-refractivity contribution is -0.115. The molecule has 8 heteroatoms. The molecule has 0 radical (unpaired) electrons. The van der Waals surface area contributed by atoms with Gasteiger partial charge < -0.3 is 15.7 Å². The number of anilines is 2. The molecule has 130 valence electrons. The Balaban J connectivity index is 1.88. The number of phenolic OH excluding ortho intramolecular Hbond substituents is 1. The zero-order valence-electron chi connectivity index (χ0n) is 13.4. The molecule has 0 saturated carbocycles. The van der Waals surface area contributed by atoms with Gasteiger partial charge in [0.1, 0.15) is 5.75 Å². The summed E-state index contributed by atoms with van der Waals surface area (Å²) in [6, 6.07) is 8.51. The second-order valence-electron chi connectivity index (χ2n) is 5.63. The molecule has 0 saturated heterocycles. The standard InChI is InChI=1S/C17H16N2O5S/c1-2-25(23,24)12-4-6-15(20)14(9-12)19-17(22)10-3-5-13-11(7-10)8-16(21)18-13/h3-7,9,20H,2,8H2,1H3,(H,18,21)(H,19,22). The van der Waals surface area contributed by atoms with Crippen LogP contribution in [0.1, 0.15) is 22.8 Å². The van der Waals surface area contributed by atoms with E-state index in [1.165, 1.54) is 25.1 Å². The molecule has 7 nitrogen and oxygen atoms in total. The van der Waals surface area contributed by atoms with Crippen LogP contribution in [0.4, 0.5) is 11.4 Å². The highest BCUT2D eigenvalue weighted by molar-refractivity contribution is 7.91. The Morgan fingerprint density at radius 1 is 1.24 bits per heavy atom. The highest BCUT2D eigenvalue weighted by Crippen LogP contribution is 2.28. The van der Waals surface area contributed by atoms with Crippen molar-refractivity contribution in [2.45, 2.75) is 18.2 Å². The Morgan fingerprint density at radius 2 is 2.00 bits per heavy atom. The molecule has 1 aliphatic heterocycles. The summed E-state index contributed by atoms with van der Waals surface area (Å²) < 4.78 is 23.9. The number of nitrogens with one attached hydrogen (secondary N) is 2. The van der Waals surface area contributed by atoms with Crippen molar-refractivity contribution in [2.24, 2.45) is 0 Å². The summed E-state index contributed by atoms with van der Waals surface area (Å²) in [5.41, 5.74) is 1.69. The molecule has 2 aromatic carbocycles. The molecular formula is C17H16N2O5S. The quantitative estimate of drug-likeness (QED) is 0.721. The zero-order chi connectivity index (χ0) is 18.2. The smallest absolute Gasteiger partial charge is 0.255 e. The molecule has 0 atom stereocenters. The van der Waals surface area contributed by atoms with Gasteiger partial charge in [-0.3, -0.25) is 9.59 Å². The van der Waals surface area contributed by atoms with Gasteiger partial charge >= 0.3 is 0 Å².